The molecule has 0 unspecified atom stereocenters. The van der Waals surface area contributed by atoms with E-state index in [4.69, 9.17) is 9.40 Å². The van der Waals surface area contributed by atoms with Crippen LogP contribution in [-0.4, -0.2) is 40.8 Å². The summed E-state index contributed by atoms with van der Waals surface area (Å²) in [4.78, 5) is 31.3. The minimum Gasteiger partial charge on any atom is -0.459 e. The van der Waals surface area contributed by atoms with E-state index in [1.165, 1.54) is 11.0 Å². The number of fused-ring (bicyclic) bond motifs is 1. The minimum atomic E-state index is -0.582. The number of thiazole rings is 1. The van der Waals surface area contributed by atoms with Crippen LogP contribution in [0.1, 0.15) is 41.2 Å². The summed E-state index contributed by atoms with van der Waals surface area (Å²) in [6.07, 6.45) is 3.23. The van der Waals surface area contributed by atoms with E-state index in [2.05, 4.69) is 11.4 Å². The highest BCUT2D eigenvalue weighted by Crippen LogP contribution is 2.33. The number of para-hydroxylation sites is 1. The van der Waals surface area contributed by atoms with Gasteiger partial charge in [0.25, 0.3) is 5.91 Å². The Bertz CT molecular complexity index is 909. The van der Waals surface area contributed by atoms with Gasteiger partial charge < -0.3 is 14.6 Å². The summed E-state index contributed by atoms with van der Waals surface area (Å²) < 4.78 is 6.28. The van der Waals surface area contributed by atoms with Gasteiger partial charge in [-0.2, -0.15) is 0 Å². The lowest BCUT2D eigenvalue weighted by atomic mass is 9.97. The van der Waals surface area contributed by atoms with Crippen LogP contribution in [0.3, 0.4) is 0 Å². The van der Waals surface area contributed by atoms with Crippen molar-refractivity contribution >= 4 is 33.4 Å². The van der Waals surface area contributed by atoms with Crippen LogP contribution in [0, 0.1) is 0 Å². The van der Waals surface area contributed by atoms with E-state index in [1.807, 2.05) is 23.1 Å². The third-order valence-electron chi connectivity index (χ3n) is 4.93. The second-order valence-corrected chi connectivity index (χ2v) is 7.85. The van der Waals surface area contributed by atoms with Crippen LogP contribution < -0.4 is 5.32 Å². The molecular formula is C20H21N3O3S. The number of hydrogen-bond donors (Lipinski definition) is 1. The summed E-state index contributed by atoms with van der Waals surface area (Å²) in [6.45, 7) is 3.07. The Morgan fingerprint density at radius 2 is 2.00 bits per heavy atom. The fraction of sp³-hybridized carbons (Fsp3) is 0.350. The van der Waals surface area contributed by atoms with Crippen LogP contribution >= 0.6 is 11.3 Å². The summed E-state index contributed by atoms with van der Waals surface area (Å²) in [5.41, 5.74) is 1.05. The first kappa shape index (κ1) is 17.7. The van der Waals surface area contributed by atoms with Crippen LogP contribution in [0.25, 0.3) is 10.2 Å². The van der Waals surface area contributed by atoms with Gasteiger partial charge in [0, 0.05) is 19.0 Å². The van der Waals surface area contributed by atoms with E-state index in [1.54, 1.807) is 30.4 Å². The highest BCUT2D eigenvalue weighted by molar-refractivity contribution is 7.18. The number of carbonyl (C=O) groups is 2. The van der Waals surface area contributed by atoms with Crippen molar-refractivity contribution in [3.8, 4) is 0 Å². The number of nitrogens with one attached hydrogen (secondary N) is 1. The van der Waals surface area contributed by atoms with Gasteiger partial charge in [-0.05, 0) is 44.0 Å². The van der Waals surface area contributed by atoms with Gasteiger partial charge in [-0.25, -0.2) is 4.98 Å². The maximum atomic E-state index is 12.7. The smallest absolute Gasteiger partial charge is 0.287 e. The average molecular weight is 383 g/mol. The van der Waals surface area contributed by atoms with Crippen LogP contribution in [0.2, 0.25) is 0 Å². The van der Waals surface area contributed by atoms with Gasteiger partial charge in [-0.3, -0.25) is 9.59 Å². The number of rotatable bonds is 4. The molecule has 2 amide bonds. The molecule has 0 saturated carbocycles. The van der Waals surface area contributed by atoms with Crippen LogP contribution in [0.4, 0.5) is 0 Å². The summed E-state index contributed by atoms with van der Waals surface area (Å²) in [7, 11) is 0. The van der Waals surface area contributed by atoms with Gasteiger partial charge >= 0.3 is 0 Å². The lowest BCUT2D eigenvalue weighted by molar-refractivity contribution is -0.133. The second-order valence-electron chi connectivity index (χ2n) is 6.79. The second kappa shape index (κ2) is 7.52. The topological polar surface area (TPSA) is 75.4 Å². The zero-order valence-corrected chi connectivity index (χ0v) is 15.9. The molecule has 7 heteroatoms. The van der Waals surface area contributed by atoms with E-state index >= 15 is 0 Å². The van der Waals surface area contributed by atoms with Crippen LogP contribution in [-0.2, 0) is 4.79 Å². The molecule has 0 spiro atoms. The monoisotopic (exact) mass is 383 g/mol. The van der Waals surface area contributed by atoms with Crippen molar-refractivity contribution in [1.82, 2.24) is 15.2 Å². The molecule has 1 aliphatic rings. The van der Waals surface area contributed by atoms with E-state index in [0.717, 1.165) is 23.4 Å². The molecule has 1 aromatic carbocycles. The maximum absolute atomic E-state index is 12.7. The molecule has 140 valence electrons. The van der Waals surface area contributed by atoms with Crippen molar-refractivity contribution in [1.29, 1.82) is 0 Å². The zero-order valence-electron chi connectivity index (χ0n) is 15.1. The number of benzene rings is 1. The number of hydrogen-bond acceptors (Lipinski definition) is 5. The Kier molecular flexibility index (Phi) is 4.94. The SMILES string of the molecule is C[C@H](NC(=O)c1ccco1)C(=O)N1CCC(c2nc3ccccc3s2)CC1. The molecule has 1 saturated heterocycles. The summed E-state index contributed by atoms with van der Waals surface area (Å²) >= 11 is 1.74. The fourth-order valence-corrected chi connectivity index (χ4v) is 4.56. The van der Waals surface area contributed by atoms with E-state index in [0.29, 0.717) is 19.0 Å². The number of amides is 2. The van der Waals surface area contributed by atoms with E-state index < -0.39 is 6.04 Å². The predicted octanol–water partition coefficient (Wildman–Crippen LogP) is 3.41. The fourth-order valence-electron chi connectivity index (χ4n) is 3.42. The van der Waals surface area contributed by atoms with Gasteiger partial charge in [-0.1, -0.05) is 12.1 Å². The molecule has 0 radical (unpaired) electrons. The van der Waals surface area contributed by atoms with Crippen molar-refractivity contribution in [3.05, 3.63) is 53.4 Å². The van der Waals surface area contributed by atoms with Crippen molar-refractivity contribution in [3.63, 3.8) is 0 Å². The molecule has 0 aliphatic carbocycles. The largest absolute Gasteiger partial charge is 0.459 e. The molecule has 4 rings (SSSR count). The molecule has 6 nitrogen and oxygen atoms in total. The van der Waals surface area contributed by atoms with Gasteiger partial charge in [0.15, 0.2) is 5.76 Å². The lowest BCUT2D eigenvalue weighted by Gasteiger charge is -2.32. The molecule has 1 N–H and O–H groups in total. The molecule has 3 heterocycles. The van der Waals surface area contributed by atoms with Crippen LogP contribution in [0.5, 0.6) is 0 Å². The highest BCUT2D eigenvalue weighted by Gasteiger charge is 2.29. The van der Waals surface area contributed by atoms with Crippen molar-refractivity contribution < 1.29 is 14.0 Å². The number of nitrogens with zero attached hydrogens (tertiary/aromatic N) is 2. The minimum absolute atomic E-state index is 0.0577. The van der Waals surface area contributed by atoms with Crippen molar-refractivity contribution in [2.75, 3.05) is 13.1 Å². The first-order chi connectivity index (χ1) is 13.1. The first-order valence-electron chi connectivity index (χ1n) is 9.10. The first-order valence-corrected chi connectivity index (χ1v) is 9.92. The van der Waals surface area contributed by atoms with E-state index in [-0.39, 0.29) is 17.6 Å². The normalized spacial score (nSPS) is 16.4. The zero-order chi connectivity index (χ0) is 18.8. The summed E-state index contributed by atoms with van der Waals surface area (Å²) in [5, 5.41) is 3.86. The number of aromatic nitrogens is 1. The Morgan fingerprint density at radius 1 is 1.22 bits per heavy atom. The molecule has 1 aliphatic heterocycles. The Hall–Kier alpha value is -2.67. The molecule has 27 heavy (non-hydrogen) atoms. The molecule has 3 aromatic rings. The third-order valence-corrected chi connectivity index (χ3v) is 6.13. The van der Waals surface area contributed by atoms with Crippen molar-refractivity contribution in [2.45, 2.75) is 31.7 Å². The quantitative estimate of drug-likeness (QED) is 0.749. The third kappa shape index (κ3) is 3.73. The van der Waals surface area contributed by atoms with Gasteiger partial charge in [0.2, 0.25) is 5.91 Å². The Morgan fingerprint density at radius 3 is 2.70 bits per heavy atom. The predicted molar refractivity (Wildman–Crippen MR) is 104 cm³/mol. The molecular weight excluding hydrogens is 362 g/mol. The Balaban J connectivity index is 1.34. The van der Waals surface area contributed by atoms with Crippen LogP contribution in [0.15, 0.2) is 47.1 Å². The maximum Gasteiger partial charge on any atom is 0.287 e. The molecule has 0 bridgehead atoms. The highest BCUT2D eigenvalue weighted by atomic mass is 32.1. The average Bonchev–Trinajstić information content (AvgIpc) is 3.37. The number of furan rings is 1. The summed E-state index contributed by atoms with van der Waals surface area (Å²) in [5.74, 6) is 0.173. The number of likely N-dealkylation sites (tertiary alicyclic amines) is 1. The number of carbonyl (C=O) groups excluding carboxylic acids is 2. The van der Waals surface area contributed by atoms with Gasteiger partial charge in [0.1, 0.15) is 6.04 Å². The van der Waals surface area contributed by atoms with Gasteiger partial charge in [-0.15, -0.1) is 11.3 Å². The van der Waals surface area contributed by atoms with E-state index in [9.17, 15) is 9.59 Å². The van der Waals surface area contributed by atoms with Crippen molar-refractivity contribution in [2.24, 2.45) is 0 Å². The van der Waals surface area contributed by atoms with Gasteiger partial charge in [0.05, 0.1) is 21.5 Å². The standard InChI is InChI=1S/C20H21N3O3S/c1-13(21-18(24)16-6-4-12-26-16)20(25)23-10-8-14(9-11-23)19-22-15-5-2-3-7-17(15)27-19/h2-7,12-14H,8-11H2,1H3,(H,21,24)/t13-/m0/s1. The lowest BCUT2D eigenvalue weighted by Crippen LogP contribution is -2.49. The molecule has 1 atom stereocenters. The molecule has 1 fully saturated rings. The Labute approximate surface area is 161 Å². The number of piperidine rings is 1. The summed E-state index contributed by atoms with van der Waals surface area (Å²) in [6, 6.07) is 10.8. The molecule has 2 aromatic heterocycles.